The van der Waals surface area contributed by atoms with Gasteiger partial charge >= 0.3 is 0 Å². The van der Waals surface area contributed by atoms with Gasteiger partial charge in [-0.05, 0) is 73.5 Å². The van der Waals surface area contributed by atoms with Gasteiger partial charge in [0.2, 0.25) is 0 Å². The summed E-state index contributed by atoms with van der Waals surface area (Å²) in [7, 11) is 0. The summed E-state index contributed by atoms with van der Waals surface area (Å²) in [6.45, 7) is 12.9. The minimum absolute atomic E-state index is 0.506. The Morgan fingerprint density at radius 2 is 0.628 bits per heavy atom. The van der Waals surface area contributed by atoms with Gasteiger partial charge in [0.05, 0.1) is 40.0 Å². The van der Waals surface area contributed by atoms with Gasteiger partial charge in [0.15, 0.2) is 40.6 Å². The van der Waals surface area contributed by atoms with E-state index >= 15 is 0 Å². The van der Waals surface area contributed by atoms with Crippen molar-refractivity contribution >= 4 is 49.3 Å². The van der Waals surface area contributed by atoms with Crippen LogP contribution >= 0.6 is 0 Å². The van der Waals surface area contributed by atoms with E-state index in [9.17, 15) is 0 Å². The van der Waals surface area contributed by atoms with Crippen LogP contribution < -0.4 is 0 Å². The topological polar surface area (TPSA) is 104 Å². The van der Waals surface area contributed by atoms with E-state index in [0.29, 0.717) is 40.6 Å². The number of nitrogens with zero attached hydrogens (tertiary/aromatic N) is 10. The first kappa shape index (κ1) is 45.8. The molecule has 14 rings (SSSR count). The molecule has 0 saturated heterocycles. The minimum Gasteiger partial charge on any atom is -0.308 e. The lowest BCUT2D eigenvalue weighted by Gasteiger charge is -2.20. The molecule has 0 aliphatic heterocycles. The Hall–Kier alpha value is -10.8. The van der Waals surface area contributed by atoms with Crippen molar-refractivity contribution in [2.75, 3.05) is 0 Å². The lowest BCUT2D eigenvalue weighted by Crippen LogP contribution is -2.05. The van der Waals surface area contributed by atoms with E-state index in [1.807, 2.05) is 135 Å². The average Bonchev–Trinajstić information content (AvgIpc) is 4.20. The molecule has 0 radical (unpaired) electrons. The molecule has 0 spiro atoms. The number of aromatic nitrogens is 9. The first-order chi connectivity index (χ1) is 38.4. The van der Waals surface area contributed by atoms with Gasteiger partial charge in [0.25, 0.3) is 0 Å². The normalized spacial score (nSPS) is 11.4. The molecule has 9 aromatic carbocycles. The largest absolute Gasteiger partial charge is 0.308 e. The number of aryl methyl sites for hydroxylation is 2. The fourth-order valence-corrected chi connectivity index (χ4v) is 10.9. The maximum atomic E-state index is 8.86. The Labute approximate surface area is 449 Å². The van der Waals surface area contributed by atoms with Crippen LogP contribution in [0.25, 0.3) is 139 Å². The van der Waals surface area contributed by atoms with Crippen LogP contribution in [0.4, 0.5) is 5.69 Å². The zero-order valence-electron chi connectivity index (χ0n) is 42.4. The molecular weight excluding hydrogens is 957 g/mol. The number of fused-ring (bicyclic) bond motifs is 6. The van der Waals surface area contributed by atoms with E-state index in [0.717, 1.165) is 111 Å². The summed E-state index contributed by atoms with van der Waals surface area (Å²) in [5, 5.41) is 4.23. The molecule has 0 aliphatic rings. The van der Waals surface area contributed by atoms with Crippen molar-refractivity contribution in [1.82, 2.24) is 44.0 Å². The fourth-order valence-electron chi connectivity index (χ4n) is 10.9. The first-order valence-electron chi connectivity index (χ1n) is 25.8. The summed E-state index contributed by atoms with van der Waals surface area (Å²) in [6, 6.07) is 78.4. The Morgan fingerprint density at radius 1 is 0.295 bits per heavy atom. The Balaban J connectivity index is 1.06. The molecule has 0 fully saturated rings. The molecule has 0 amide bonds. The monoisotopic (exact) mass is 1000 g/mol. The summed E-state index contributed by atoms with van der Waals surface area (Å²) in [5.74, 6) is 3.42. The van der Waals surface area contributed by atoms with Crippen LogP contribution in [-0.2, 0) is 0 Å². The Kier molecular flexibility index (Phi) is 11.1. The van der Waals surface area contributed by atoms with Gasteiger partial charge in [-0.15, -0.1) is 0 Å². The van der Waals surface area contributed by atoms with Gasteiger partial charge < -0.3 is 9.13 Å². The molecule has 366 valence electrons. The standard InChI is InChI=1S/C68H44N10/c1-42-36-50(37-43(2)70-42)55-40-61(77-57-30-18-16-28-51(57)53-34-32-48(38-59(53)77)67-73-63(44-20-8-4-9-21-44)71-64(74-67)45-22-10-5-11-23-45)62(41-56(55)69-3)78-58-31-19-17-29-52(58)54-35-33-49(39-60(54)78)68-75-65(46-24-12-6-13-25-46)72-66(76-68)47-26-14-7-15-27-47/h4-41H,1-2H3. The van der Waals surface area contributed by atoms with Crippen molar-refractivity contribution < 1.29 is 0 Å². The van der Waals surface area contributed by atoms with Crippen LogP contribution in [0.5, 0.6) is 0 Å². The minimum atomic E-state index is 0.506. The summed E-state index contributed by atoms with van der Waals surface area (Å²) in [4.78, 5) is 39.7. The molecule has 0 aliphatic carbocycles. The smallest absolute Gasteiger partial charge is 0.197 e. The number of para-hydroxylation sites is 2. The highest BCUT2D eigenvalue weighted by atomic mass is 15.1. The highest BCUT2D eigenvalue weighted by Crippen LogP contribution is 2.45. The molecule has 0 atom stereocenters. The second kappa shape index (κ2) is 18.9. The second-order valence-corrected chi connectivity index (χ2v) is 19.4. The molecule has 10 heteroatoms. The molecule has 0 N–H and O–H groups in total. The van der Waals surface area contributed by atoms with Crippen LogP contribution in [0.3, 0.4) is 0 Å². The third kappa shape index (κ3) is 8.02. The predicted octanol–water partition coefficient (Wildman–Crippen LogP) is 16.5. The zero-order chi connectivity index (χ0) is 52.3. The third-order valence-electron chi connectivity index (χ3n) is 14.4. The second-order valence-electron chi connectivity index (χ2n) is 19.4. The number of pyridine rings is 1. The van der Waals surface area contributed by atoms with E-state index in [1.54, 1.807) is 0 Å². The molecule has 5 heterocycles. The maximum absolute atomic E-state index is 8.86. The fraction of sp³-hybridized carbons (Fsp3) is 0.0294. The summed E-state index contributed by atoms with van der Waals surface area (Å²) < 4.78 is 4.64. The third-order valence-corrected chi connectivity index (χ3v) is 14.4. The predicted molar refractivity (Wildman–Crippen MR) is 313 cm³/mol. The quantitative estimate of drug-likeness (QED) is 0.133. The van der Waals surface area contributed by atoms with Crippen molar-refractivity contribution in [1.29, 1.82) is 0 Å². The van der Waals surface area contributed by atoms with Gasteiger partial charge in [-0.3, -0.25) is 4.98 Å². The molecule has 10 nitrogen and oxygen atoms in total. The van der Waals surface area contributed by atoms with E-state index in [2.05, 4.69) is 123 Å². The number of hydrogen-bond donors (Lipinski definition) is 0. The molecule has 5 aromatic heterocycles. The van der Waals surface area contributed by atoms with Crippen LogP contribution in [0, 0.1) is 20.4 Å². The lowest BCUT2D eigenvalue weighted by molar-refractivity contribution is 1.07. The Bertz CT molecular complexity index is 4560. The molecule has 14 aromatic rings. The molecule has 0 unspecified atom stereocenters. The SMILES string of the molecule is [C-]#[N+]c1cc(-n2c3ccccc3c3ccc(-c4nc(-c5ccccc5)nc(-c5ccccc5)n4)cc32)c(-n2c3ccccc3c3ccc(-c4nc(-c5ccccc5)nc(-c5ccccc5)n4)cc32)cc1-c1cc(C)nc(C)c1. The number of benzene rings is 9. The molecule has 0 bridgehead atoms. The van der Waals surface area contributed by atoms with Gasteiger partial charge in [0.1, 0.15) is 0 Å². The maximum Gasteiger partial charge on any atom is 0.197 e. The van der Waals surface area contributed by atoms with Crippen molar-refractivity contribution in [2.45, 2.75) is 13.8 Å². The summed E-state index contributed by atoms with van der Waals surface area (Å²) in [5.41, 5.74) is 14.7. The highest BCUT2D eigenvalue weighted by Gasteiger charge is 2.25. The Morgan fingerprint density at radius 3 is 1.01 bits per heavy atom. The molecule has 0 saturated carbocycles. The van der Waals surface area contributed by atoms with Crippen molar-refractivity contribution in [3.05, 3.63) is 253 Å². The van der Waals surface area contributed by atoms with Crippen LogP contribution in [0.2, 0.25) is 0 Å². The van der Waals surface area contributed by atoms with E-state index in [1.165, 1.54) is 0 Å². The highest BCUT2D eigenvalue weighted by molar-refractivity contribution is 6.13. The zero-order valence-corrected chi connectivity index (χ0v) is 42.4. The van der Waals surface area contributed by atoms with Gasteiger partial charge in [-0.25, -0.2) is 34.7 Å². The van der Waals surface area contributed by atoms with Gasteiger partial charge in [-0.1, -0.05) is 182 Å². The first-order valence-corrected chi connectivity index (χ1v) is 25.8. The summed E-state index contributed by atoms with van der Waals surface area (Å²) in [6.07, 6.45) is 0. The van der Waals surface area contributed by atoms with Crippen molar-refractivity contribution in [2.24, 2.45) is 0 Å². The van der Waals surface area contributed by atoms with E-state index in [4.69, 9.17) is 41.5 Å². The van der Waals surface area contributed by atoms with Crippen molar-refractivity contribution in [3.8, 4) is 90.8 Å². The van der Waals surface area contributed by atoms with Gasteiger partial charge in [0, 0.05) is 66.3 Å². The van der Waals surface area contributed by atoms with E-state index in [-0.39, 0.29) is 0 Å². The van der Waals surface area contributed by atoms with Gasteiger partial charge in [-0.2, -0.15) is 0 Å². The van der Waals surface area contributed by atoms with Crippen LogP contribution in [-0.4, -0.2) is 44.0 Å². The molecule has 78 heavy (non-hydrogen) atoms. The van der Waals surface area contributed by atoms with E-state index < -0.39 is 0 Å². The van der Waals surface area contributed by atoms with Crippen LogP contribution in [0.1, 0.15) is 11.4 Å². The lowest BCUT2D eigenvalue weighted by atomic mass is 10.0. The molecular formula is C68H44N10. The van der Waals surface area contributed by atoms with Crippen molar-refractivity contribution in [3.63, 3.8) is 0 Å². The number of hydrogen-bond acceptors (Lipinski definition) is 7. The number of rotatable bonds is 9. The average molecular weight is 1000 g/mol. The summed E-state index contributed by atoms with van der Waals surface area (Å²) >= 11 is 0. The van der Waals surface area contributed by atoms with Crippen LogP contribution in [0.15, 0.2) is 231 Å².